The summed E-state index contributed by atoms with van der Waals surface area (Å²) < 4.78 is 0. The fourth-order valence-corrected chi connectivity index (χ4v) is 2.21. The fraction of sp³-hybridized carbons (Fsp3) is 0.923. The van der Waals surface area contributed by atoms with Gasteiger partial charge in [0.05, 0.1) is 5.54 Å². The molecule has 0 heterocycles. The Kier molecular flexibility index (Phi) is 5.95. The molecule has 3 N–H and O–H groups in total. The highest BCUT2D eigenvalue weighted by Crippen LogP contribution is 2.51. The number of nitrogens with one attached hydrogen (secondary N) is 1. The second kappa shape index (κ2) is 6.05. The molecular weight excluding hydrogens is 236 g/mol. The van der Waals surface area contributed by atoms with Gasteiger partial charge < -0.3 is 11.1 Å². The van der Waals surface area contributed by atoms with Gasteiger partial charge in [0.25, 0.3) is 0 Å². The second-order valence-electron chi connectivity index (χ2n) is 5.87. The van der Waals surface area contributed by atoms with Crippen LogP contribution < -0.4 is 11.1 Å². The van der Waals surface area contributed by atoms with Crippen LogP contribution in [0.15, 0.2) is 0 Å². The van der Waals surface area contributed by atoms with Gasteiger partial charge in [0, 0.05) is 6.54 Å². The standard InChI is InChI=1S/C13H26N2O.ClH/c1-5-6-12(4,14)11(16)15-9-13(7-8-13)10(2)3;/h10H,5-9,14H2,1-4H3,(H,15,16);1H. The number of amides is 1. The largest absolute Gasteiger partial charge is 0.354 e. The Morgan fingerprint density at radius 3 is 2.35 bits per heavy atom. The molecule has 1 atom stereocenters. The first kappa shape index (κ1) is 16.7. The predicted octanol–water partition coefficient (Wildman–Crippen LogP) is 2.48. The summed E-state index contributed by atoms with van der Waals surface area (Å²) in [6.45, 7) is 9.12. The summed E-state index contributed by atoms with van der Waals surface area (Å²) in [5, 5.41) is 3.03. The van der Waals surface area contributed by atoms with E-state index in [4.69, 9.17) is 5.73 Å². The summed E-state index contributed by atoms with van der Waals surface area (Å²) in [7, 11) is 0. The van der Waals surface area contributed by atoms with E-state index >= 15 is 0 Å². The third kappa shape index (κ3) is 4.14. The normalized spacial score (nSPS) is 20.4. The van der Waals surface area contributed by atoms with E-state index in [1.165, 1.54) is 12.8 Å². The first-order valence-electron chi connectivity index (χ1n) is 6.41. The molecule has 0 aromatic rings. The van der Waals surface area contributed by atoms with Crippen molar-refractivity contribution in [3.8, 4) is 0 Å². The number of carbonyl (C=O) groups excluding carboxylic acids is 1. The SMILES string of the molecule is CCCC(C)(N)C(=O)NCC1(C(C)C)CC1.Cl. The number of hydrogen-bond acceptors (Lipinski definition) is 2. The van der Waals surface area contributed by atoms with Crippen LogP contribution in [0.25, 0.3) is 0 Å². The molecule has 3 nitrogen and oxygen atoms in total. The molecular formula is C13H27ClN2O. The van der Waals surface area contributed by atoms with E-state index in [-0.39, 0.29) is 18.3 Å². The molecule has 17 heavy (non-hydrogen) atoms. The lowest BCUT2D eigenvalue weighted by Crippen LogP contribution is -2.52. The Balaban J connectivity index is 0.00000256. The van der Waals surface area contributed by atoms with E-state index in [2.05, 4.69) is 26.1 Å². The van der Waals surface area contributed by atoms with E-state index < -0.39 is 5.54 Å². The van der Waals surface area contributed by atoms with Crippen molar-refractivity contribution in [1.29, 1.82) is 0 Å². The maximum Gasteiger partial charge on any atom is 0.239 e. The number of hydrogen-bond donors (Lipinski definition) is 2. The molecule has 0 radical (unpaired) electrons. The molecule has 1 unspecified atom stereocenters. The van der Waals surface area contributed by atoms with E-state index in [1.807, 2.05) is 6.92 Å². The molecule has 4 heteroatoms. The van der Waals surface area contributed by atoms with Gasteiger partial charge in [0.15, 0.2) is 0 Å². The van der Waals surface area contributed by atoms with Crippen LogP contribution in [-0.4, -0.2) is 18.0 Å². The smallest absolute Gasteiger partial charge is 0.239 e. The van der Waals surface area contributed by atoms with E-state index in [0.29, 0.717) is 11.3 Å². The second-order valence-corrected chi connectivity index (χ2v) is 5.87. The first-order valence-corrected chi connectivity index (χ1v) is 6.41. The van der Waals surface area contributed by atoms with Crippen LogP contribution in [0, 0.1) is 11.3 Å². The summed E-state index contributed by atoms with van der Waals surface area (Å²) in [5.41, 5.74) is 5.64. The molecule has 1 rings (SSSR count). The molecule has 1 saturated carbocycles. The van der Waals surface area contributed by atoms with Crippen molar-refractivity contribution in [2.45, 2.75) is 58.9 Å². The zero-order chi connectivity index (χ0) is 12.4. The van der Waals surface area contributed by atoms with Gasteiger partial charge in [0.1, 0.15) is 0 Å². The molecule has 0 bridgehead atoms. The lowest BCUT2D eigenvalue weighted by molar-refractivity contribution is -0.126. The van der Waals surface area contributed by atoms with Crippen molar-refractivity contribution in [3.63, 3.8) is 0 Å². The molecule has 1 aliphatic carbocycles. The number of nitrogens with two attached hydrogens (primary N) is 1. The van der Waals surface area contributed by atoms with Crippen LogP contribution in [0.4, 0.5) is 0 Å². The van der Waals surface area contributed by atoms with E-state index in [0.717, 1.165) is 19.4 Å². The zero-order valence-electron chi connectivity index (χ0n) is 11.5. The number of rotatable bonds is 6. The monoisotopic (exact) mass is 262 g/mol. The summed E-state index contributed by atoms with van der Waals surface area (Å²) in [6, 6.07) is 0. The van der Waals surface area contributed by atoms with Gasteiger partial charge in [-0.2, -0.15) is 0 Å². The first-order chi connectivity index (χ1) is 7.34. The van der Waals surface area contributed by atoms with Crippen molar-refractivity contribution < 1.29 is 4.79 Å². The average molecular weight is 263 g/mol. The van der Waals surface area contributed by atoms with Gasteiger partial charge in [-0.25, -0.2) is 0 Å². The van der Waals surface area contributed by atoms with Crippen molar-refractivity contribution >= 4 is 18.3 Å². The maximum absolute atomic E-state index is 11.9. The predicted molar refractivity (Wildman–Crippen MR) is 74.3 cm³/mol. The van der Waals surface area contributed by atoms with Gasteiger partial charge in [-0.05, 0) is 37.5 Å². The van der Waals surface area contributed by atoms with Crippen molar-refractivity contribution in [1.82, 2.24) is 5.32 Å². The Labute approximate surface area is 111 Å². The molecule has 0 aromatic heterocycles. The summed E-state index contributed by atoms with van der Waals surface area (Å²) in [5.74, 6) is 0.643. The van der Waals surface area contributed by atoms with Crippen LogP contribution in [0.2, 0.25) is 0 Å². The topological polar surface area (TPSA) is 55.1 Å². The van der Waals surface area contributed by atoms with Gasteiger partial charge in [-0.15, -0.1) is 12.4 Å². The lowest BCUT2D eigenvalue weighted by atomic mass is 9.91. The third-order valence-electron chi connectivity index (χ3n) is 4.01. The maximum atomic E-state index is 11.9. The Bertz CT molecular complexity index is 260. The fourth-order valence-electron chi connectivity index (χ4n) is 2.21. The number of carbonyl (C=O) groups is 1. The summed E-state index contributed by atoms with van der Waals surface area (Å²) >= 11 is 0. The summed E-state index contributed by atoms with van der Waals surface area (Å²) in [4.78, 5) is 11.9. The van der Waals surface area contributed by atoms with Gasteiger partial charge in [-0.3, -0.25) is 4.79 Å². The lowest BCUT2D eigenvalue weighted by Gasteiger charge is -2.26. The highest BCUT2D eigenvalue weighted by molar-refractivity contribution is 5.85. The highest BCUT2D eigenvalue weighted by atomic mass is 35.5. The van der Waals surface area contributed by atoms with Crippen molar-refractivity contribution in [2.24, 2.45) is 17.1 Å². The molecule has 1 amide bonds. The minimum Gasteiger partial charge on any atom is -0.354 e. The Hall–Kier alpha value is -0.280. The number of halogens is 1. The van der Waals surface area contributed by atoms with Crippen LogP contribution >= 0.6 is 12.4 Å². The van der Waals surface area contributed by atoms with Crippen LogP contribution in [0.3, 0.4) is 0 Å². The van der Waals surface area contributed by atoms with Crippen molar-refractivity contribution in [3.05, 3.63) is 0 Å². The van der Waals surface area contributed by atoms with E-state index in [1.54, 1.807) is 0 Å². The molecule has 0 saturated heterocycles. The molecule has 1 fully saturated rings. The zero-order valence-corrected chi connectivity index (χ0v) is 12.3. The van der Waals surface area contributed by atoms with Crippen LogP contribution in [0.5, 0.6) is 0 Å². The Morgan fingerprint density at radius 1 is 1.47 bits per heavy atom. The minimum absolute atomic E-state index is 0. The molecule has 0 spiro atoms. The average Bonchev–Trinajstić information content (AvgIpc) is 2.94. The molecule has 102 valence electrons. The highest BCUT2D eigenvalue weighted by Gasteiger charge is 2.45. The minimum atomic E-state index is -0.707. The van der Waals surface area contributed by atoms with Crippen molar-refractivity contribution in [2.75, 3.05) is 6.54 Å². The van der Waals surface area contributed by atoms with Gasteiger partial charge in [0.2, 0.25) is 5.91 Å². The molecule has 0 aliphatic heterocycles. The quantitative estimate of drug-likeness (QED) is 0.773. The Morgan fingerprint density at radius 2 is 2.00 bits per heavy atom. The van der Waals surface area contributed by atoms with Gasteiger partial charge >= 0.3 is 0 Å². The molecule has 1 aliphatic rings. The third-order valence-corrected chi connectivity index (χ3v) is 4.01. The molecule has 0 aromatic carbocycles. The van der Waals surface area contributed by atoms with Crippen LogP contribution in [-0.2, 0) is 4.79 Å². The van der Waals surface area contributed by atoms with Gasteiger partial charge in [-0.1, -0.05) is 27.2 Å². The van der Waals surface area contributed by atoms with Crippen LogP contribution in [0.1, 0.15) is 53.4 Å². The summed E-state index contributed by atoms with van der Waals surface area (Å²) in [6.07, 6.45) is 4.16. The van der Waals surface area contributed by atoms with E-state index in [9.17, 15) is 4.79 Å².